The fraction of sp³-hybridized carbons (Fsp3) is 0.462. The average Bonchev–Trinajstić information content (AvgIpc) is 2.68. The van der Waals surface area contributed by atoms with Gasteiger partial charge in [0, 0.05) is 18.9 Å². The third kappa shape index (κ3) is 6.18. The molecule has 0 fully saturated rings. The third-order valence-electron chi connectivity index (χ3n) is 5.41. The Labute approximate surface area is 185 Å². The molecule has 0 heterocycles. The fourth-order valence-electron chi connectivity index (χ4n) is 3.75. The predicted molar refractivity (Wildman–Crippen MR) is 134 cm³/mol. The van der Waals surface area contributed by atoms with E-state index in [4.69, 9.17) is 4.43 Å². The molecule has 30 heavy (non-hydrogen) atoms. The SMILES string of the molecule is C[C@@H](CO[Si](c1ccccc1)(c1ccccc1)C(C)(C)C)[C@H](O)CC#C[Si](C)(C)C. The maximum Gasteiger partial charge on any atom is 0.261 e. The van der Waals surface area contributed by atoms with E-state index in [0.717, 1.165) is 0 Å². The molecular weight excluding hydrogens is 400 g/mol. The molecule has 0 saturated carbocycles. The van der Waals surface area contributed by atoms with Crippen molar-refractivity contribution < 1.29 is 9.53 Å². The van der Waals surface area contributed by atoms with Gasteiger partial charge in [0.2, 0.25) is 0 Å². The first-order chi connectivity index (χ1) is 14.0. The molecule has 0 aliphatic rings. The third-order valence-corrected chi connectivity index (χ3v) is 11.3. The Morgan fingerprint density at radius 2 is 1.37 bits per heavy atom. The van der Waals surface area contributed by atoms with E-state index in [0.29, 0.717) is 13.0 Å². The zero-order valence-electron chi connectivity index (χ0n) is 19.7. The van der Waals surface area contributed by atoms with E-state index in [1.165, 1.54) is 10.4 Å². The van der Waals surface area contributed by atoms with Gasteiger partial charge in [-0.05, 0) is 15.4 Å². The van der Waals surface area contributed by atoms with Crippen LogP contribution in [0.3, 0.4) is 0 Å². The molecule has 1 N–H and O–H groups in total. The van der Waals surface area contributed by atoms with Crippen LogP contribution >= 0.6 is 0 Å². The summed E-state index contributed by atoms with van der Waals surface area (Å²) in [5, 5.41) is 13.2. The molecule has 4 heteroatoms. The summed E-state index contributed by atoms with van der Waals surface area (Å²) in [4.78, 5) is 0. The highest BCUT2D eigenvalue weighted by atomic mass is 28.4. The highest BCUT2D eigenvalue weighted by Crippen LogP contribution is 2.37. The molecule has 2 rings (SSSR count). The molecule has 0 aliphatic carbocycles. The topological polar surface area (TPSA) is 29.5 Å². The Bertz CT molecular complexity index is 800. The van der Waals surface area contributed by atoms with Gasteiger partial charge < -0.3 is 9.53 Å². The minimum Gasteiger partial charge on any atom is -0.407 e. The van der Waals surface area contributed by atoms with E-state index in [-0.39, 0.29) is 11.0 Å². The van der Waals surface area contributed by atoms with Crippen molar-refractivity contribution in [1.82, 2.24) is 0 Å². The number of rotatable bonds is 7. The van der Waals surface area contributed by atoms with Gasteiger partial charge in [0.1, 0.15) is 8.07 Å². The Hall–Kier alpha value is -1.65. The van der Waals surface area contributed by atoms with Crippen LogP contribution in [0, 0.1) is 17.4 Å². The Balaban J connectivity index is 2.33. The highest BCUT2D eigenvalue weighted by Gasteiger charge is 2.50. The summed E-state index contributed by atoms with van der Waals surface area (Å²) in [7, 11) is -3.98. The standard InChI is InChI=1S/C26H38O2Si2/c1-22(25(27)19-14-20-29(5,6)7)21-28-30(26(2,3)4,23-15-10-8-11-16-23)24-17-12-9-13-18-24/h8-13,15-18,22,25,27H,19,21H2,1-7H3/t22-,25+/m0/s1. The van der Waals surface area contributed by atoms with Crippen molar-refractivity contribution in [3.8, 4) is 11.5 Å². The molecule has 0 unspecified atom stereocenters. The van der Waals surface area contributed by atoms with Gasteiger partial charge in [0.25, 0.3) is 8.32 Å². The van der Waals surface area contributed by atoms with Gasteiger partial charge >= 0.3 is 0 Å². The molecule has 0 saturated heterocycles. The molecule has 0 aliphatic heterocycles. The summed E-state index contributed by atoms with van der Waals surface area (Å²) >= 11 is 0. The molecule has 0 spiro atoms. The Morgan fingerprint density at radius 3 is 1.77 bits per heavy atom. The lowest BCUT2D eigenvalue weighted by Crippen LogP contribution is -2.67. The molecule has 2 aromatic carbocycles. The smallest absolute Gasteiger partial charge is 0.261 e. The van der Waals surface area contributed by atoms with Crippen molar-refractivity contribution in [3.05, 3.63) is 60.7 Å². The van der Waals surface area contributed by atoms with Gasteiger partial charge in [0.05, 0.1) is 6.10 Å². The van der Waals surface area contributed by atoms with Crippen LogP contribution in [-0.4, -0.2) is 34.2 Å². The maximum atomic E-state index is 10.7. The van der Waals surface area contributed by atoms with Crippen molar-refractivity contribution in [3.63, 3.8) is 0 Å². The number of benzene rings is 2. The van der Waals surface area contributed by atoms with E-state index < -0.39 is 22.5 Å². The van der Waals surface area contributed by atoms with Gasteiger partial charge in [-0.15, -0.1) is 11.5 Å². The van der Waals surface area contributed by atoms with Crippen LogP contribution in [0.25, 0.3) is 0 Å². The molecule has 0 aromatic heterocycles. The van der Waals surface area contributed by atoms with E-state index in [2.05, 4.69) is 119 Å². The van der Waals surface area contributed by atoms with Crippen LogP contribution < -0.4 is 10.4 Å². The van der Waals surface area contributed by atoms with Gasteiger partial charge in [-0.1, -0.05) is 108 Å². The van der Waals surface area contributed by atoms with Crippen molar-refractivity contribution in [2.45, 2.75) is 64.9 Å². The van der Waals surface area contributed by atoms with E-state index >= 15 is 0 Å². The first kappa shape index (κ1) is 24.6. The van der Waals surface area contributed by atoms with Crippen molar-refractivity contribution in [2.24, 2.45) is 5.92 Å². The average molecular weight is 439 g/mol. The number of aliphatic hydroxyl groups is 1. The van der Waals surface area contributed by atoms with Crippen LogP contribution in [0.2, 0.25) is 24.7 Å². The van der Waals surface area contributed by atoms with E-state index in [1.807, 2.05) is 0 Å². The molecule has 2 atom stereocenters. The van der Waals surface area contributed by atoms with Crippen molar-refractivity contribution >= 4 is 26.8 Å². The number of aliphatic hydroxyl groups excluding tert-OH is 1. The summed E-state index contributed by atoms with van der Waals surface area (Å²) in [6, 6.07) is 21.3. The summed E-state index contributed by atoms with van der Waals surface area (Å²) in [5.41, 5.74) is 3.35. The molecule has 2 nitrogen and oxygen atoms in total. The lowest BCUT2D eigenvalue weighted by Gasteiger charge is -2.43. The largest absolute Gasteiger partial charge is 0.407 e. The van der Waals surface area contributed by atoms with Crippen LogP contribution in [0.4, 0.5) is 0 Å². The molecule has 0 radical (unpaired) electrons. The summed E-state index contributed by atoms with van der Waals surface area (Å²) in [6.45, 7) is 16.1. The minimum atomic E-state index is -2.56. The zero-order chi connectivity index (χ0) is 22.4. The van der Waals surface area contributed by atoms with Crippen LogP contribution in [-0.2, 0) is 4.43 Å². The predicted octanol–water partition coefficient (Wildman–Crippen LogP) is 4.83. The maximum absolute atomic E-state index is 10.7. The Morgan fingerprint density at radius 1 is 0.900 bits per heavy atom. The van der Waals surface area contributed by atoms with Crippen LogP contribution in [0.15, 0.2) is 60.7 Å². The zero-order valence-corrected chi connectivity index (χ0v) is 21.7. The molecular formula is C26H38O2Si2. The fourth-order valence-corrected chi connectivity index (χ4v) is 9.05. The number of hydrogen-bond donors (Lipinski definition) is 1. The molecule has 0 bridgehead atoms. The quantitative estimate of drug-likeness (QED) is 0.495. The highest BCUT2D eigenvalue weighted by molar-refractivity contribution is 6.99. The lowest BCUT2D eigenvalue weighted by molar-refractivity contribution is 0.0854. The van der Waals surface area contributed by atoms with Gasteiger partial charge in [-0.3, -0.25) is 0 Å². The normalized spacial score (nSPS) is 14.5. The molecule has 162 valence electrons. The molecule has 0 amide bonds. The lowest BCUT2D eigenvalue weighted by atomic mass is 10.0. The van der Waals surface area contributed by atoms with Gasteiger partial charge in [0.15, 0.2) is 0 Å². The summed E-state index contributed by atoms with van der Waals surface area (Å²) in [6.07, 6.45) is 0.0299. The van der Waals surface area contributed by atoms with Crippen LogP contribution in [0.5, 0.6) is 0 Å². The molecule has 2 aromatic rings. The first-order valence-electron chi connectivity index (χ1n) is 10.9. The summed E-state index contributed by atoms with van der Waals surface area (Å²) < 4.78 is 6.94. The van der Waals surface area contributed by atoms with Gasteiger partial charge in [-0.2, -0.15) is 0 Å². The van der Waals surface area contributed by atoms with Crippen LogP contribution in [0.1, 0.15) is 34.1 Å². The number of hydrogen-bond acceptors (Lipinski definition) is 2. The second kappa shape index (κ2) is 10.1. The minimum absolute atomic E-state index is 0.0163. The van der Waals surface area contributed by atoms with Crippen molar-refractivity contribution in [1.29, 1.82) is 0 Å². The second-order valence-electron chi connectivity index (χ2n) is 10.3. The van der Waals surface area contributed by atoms with E-state index in [9.17, 15) is 5.11 Å². The van der Waals surface area contributed by atoms with Gasteiger partial charge in [-0.25, -0.2) is 0 Å². The summed E-state index contributed by atoms with van der Waals surface area (Å²) in [5.74, 6) is 3.23. The van der Waals surface area contributed by atoms with E-state index in [1.54, 1.807) is 0 Å². The Kier molecular flexibility index (Phi) is 8.30. The first-order valence-corrected chi connectivity index (χ1v) is 16.3. The monoisotopic (exact) mass is 438 g/mol. The van der Waals surface area contributed by atoms with Crippen molar-refractivity contribution in [2.75, 3.05) is 6.61 Å². The second-order valence-corrected chi connectivity index (χ2v) is 19.3.